The van der Waals surface area contributed by atoms with Crippen molar-refractivity contribution in [3.05, 3.63) is 65.7 Å². The van der Waals surface area contributed by atoms with Crippen molar-refractivity contribution in [3.63, 3.8) is 0 Å². The van der Waals surface area contributed by atoms with Gasteiger partial charge in [-0.15, -0.1) is 0 Å². The Kier molecular flexibility index (Phi) is 6.67. The van der Waals surface area contributed by atoms with Crippen molar-refractivity contribution < 1.29 is 14.6 Å². The van der Waals surface area contributed by atoms with E-state index in [4.69, 9.17) is 9.78 Å². The molecular weight excluding hydrogens is 326 g/mol. The molecule has 0 atom stereocenters. The third-order valence-electron chi connectivity index (χ3n) is 4.86. The van der Waals surface area contributed by atoms with E-state index in [1.807, 2.05) is 42.5 Å². The topological polar surface area (TPSA) is 38.8 Å². The number of benzene rings is 2. The van der Waals surface area contributed by atoms with Gasteiger partial charge >= 0.3 is 5.97 Å². The average molecular weight is 353 g/mol. The van der Waals surface area contributed by atoms with Crippen LogP contribution in [-0.2, 0) is 16.1 Å². The molecule has 0 unspecified atom stereocenters. The Balaban J connectivity index is 1.44. The molecule has 26 heavy (non-hydrogen) atoms. The molecule has 4 nitrogen and oxygen atoms in total. The molecule has 1 aliphatic rings. The average Bonchev–Trinajstić information content (AvgIpc) is 2.69. The highest BCUT2D eigenvalue weighted by molar-refractivity contribution is 5.72. The maximum Gasteiger partial charge on any atom is 0.358 e. The van der Waals surface area contributed by atoms with Crippen LogP contribution in [0.25, 0.3) is 0 Å². The lowest BCUT2D eigenvalue weighted by Crippen LogP contribution is -2.37. The molecule has 0 amide bonds. The minimum Gasteiger partial charge on any atom is -0.303 e. The molecule has 2 aromatic rings. The van der Waals surface area contributed by atoms with Crippen molar-refractivity contribution in [1.29, 1.82) is 0 Å². The highest BCUT2D eigenvalue weighted by Gasteiger charge is 2.27. The zero-order valence-corrected chi connectivity index (χ0v) is 15.4. The second-order valence-electron chi connectivity index (χ2n) is 6.91. The van der Waals surface area contributed by atoms with Gasteiger partial charge in [0.1, 0.15) is 0 Å². The van der Waals surface area contributed by atoms with Crippen LogP contribution in [0.15, 0.2) is 54.6 Å². The van der Waals surface area contributed by atoms with E-state index in [0.717, 1.165) is 45.3 Å². The molecule has 1 heterocycles. The van der Waals surface area contributed by atoms with Crippen LogP contribution in [0, 0.1) is 5.92 Å². The van der Waals surface area contributed by atoms with E-state index < -0.39 is 0 Å². The first kappa shape index (κ1) is 18.5. The van der Waals surface area contributed by atoms with Crippen LogP contribution in [-0.4, -0.2) is 30.5 Å². The Morgan fingerprint density at radius 3 is 2.31 bits per heavy atom. The summed E-state index contributed by atoms with van der Waals surface area (Å²) >= 11 is 0. The predicted octanol–water partition coefficient (Wildman–Crippen LogP) is 4.24. The van der Waals surface area contributed by atoms with Crippen molar-refractivity contribution in [2.75, 3.05) is 19.6 Å². The standard InChI is InChI=1S/C22H27NO3/c1-2-14-23-15-12-20(13-16-23)22(24)26-25-21-10-8-19(9-11-21)17-18-6-4-3-5-7-18/h3-11,20H,2,12-17H2,1H3. The molecule has 3 rings (SSSR count). The first-order valence-electron chi connectivity index (χ1n) is 9.48. The fourth-order valence-corrected chi connectivity index (χ4v) is 3.36. The van der Waals surface area contributed by atoms with Gasteiger partial charge in [0.25, 0.3) is 0 Å². The summed E-state index contributed by atoms with van der Waals surface area (Å²) < 4.78 is 0. The van der Waals surface area contributed by atoms with Crippen LogP contribution in [0.3, 0.4) is 0 Å². The zero-order valence-electron chi connectivity index (χ0n) is 15.4. The second kappa shape index (κ2) is 9.39. The molecule has 1 aliphatic heterocycles. The second-order valence-corrected chi connectivity index (χ2v) is 6.91. The lowest BCUT2D eigenvalue weighted by Gasteiger charge is -2.29. The van der Waals surface area contributed by atoms with Crippen LogP contribution in [0.5, 0.6) is 5.75 Å². The Morgan fingerprint density at radius 1 is 1.00 bits per heavy atom. The molecule has 0 bridgehead atoms. The number of hydrogen-bond acceptors (Lipinski definition) is 4. The molecule has 2 aromatic carbocycles. The van der Waals surface area contributed by atoms with E-state index in [1.165, 1.54) is 11.1 Å². The van der Waals surface area contributed by atoms with E-state index >= 15 is 0 Å². The fourth-order valence-electron chi connectivity index (χ4n) is 3.36. The number of rotatable bonds is 7. The third kappa shape index (κ3) is 5.33. The van der Waals surface area contributed by atoms with Crippen molar-refractivity contribution in [2.45, 2.75) is 32.6 Å². The van der Waals surface area contributed by atoms with Gasteiger partial charge in [0.15, 0.2) is 5.75 Å². The summed E-state index contributed by atoms with van der Waals surface area (Å²) in [7, 11) is 0. The maximum atomic E-state index is 12.2. The minimum atomic E-state index is -0.255. The van der Waals surface area contributed by atoms with Crippen LogP contribution in [0.2, 0.25) is 0 Å². The summed E-state index contributed by atoms with van der Waals surface area (Å²) in [5.74, 6) is 0.244. The molecule has 0 N–H and O–H groups in total. The van der Waals surface area contributed by atoms with Gasteiger partial charge in [-0.3, -0.25) is 9.78 Å². The molecule has 0 radical (unpaired) electrons. The van der Waals surface area contributed by atoms with E-state index in [1.54, 1.807) is 0 Å². The van der Waals surface area contributed by atoms with Gasteiger partial charge in [0, 0.05) is 0 Å². The molecule has 0 aromatic heterocycles. The number of carbonyl (C=O) groups is 1. The van der Waals surface area contributed by atoms with Crippen LogP contribution < -0.4 is 4.89 Å². The summed E-state index contributed by atoms with van der Waals surface area (Å²) in [6.45, 7) is 5.20. The van der Waals surface area contributed by atoms with Gasteiger partial charge < -0.3 is 4.90 Å². The number of likely N-dealkylation sites (tertiary alicyclic amines) is 1. The van der Waals surface area contributed by atoms with Gasteiger partial charge in [0.05, 0.1) is 5.92 Å². The zero-order chi connectivity index (χ0) is 18.2. The van der Waals surface area contributed by atoms with Gasteiger partial charge in [-0.05, 0) is 68.6 Å². The molecule has 0 saturated carbocycles. The van der Waals surface area contributed by atoms with Gasteiger partial charge in [-0.25, -0.2) is 4.79 Å². The monoisotopic (exact) mass is 353 g/mol. The highest BCUT2D eigenvalue weighted by atomic mass is 17.2. The molecule has 138 valence electrons. The van der Waals surface area contributed by atoms with Gasteiger partial charge in [0.2, 0.25) is 0 Å². The lowest BCUT2D eigenvalue weighted by molar-refractivity contribution is -0.220. The summed E-state index contributed by atoms with van der Waals surface area (Å²) in [6, 6.07) is 18.0. The highest BCUT2D eigenvalue weighted by Crippen LogP contribution is 2.20. The van der Waals surface area contributed by atoms with E-state index in [2.05, 4.69) is 24.0 Å². The van der Waals surface area contributed by atoms with Crippen molar-refractivity contribution in [2.24, 2.45) is 5.92 Å². The van der Waals surface area contributed by atoms with Crippen molar-refractivity contribution >= 4 is 5.97 Å². The van der Waals surface area contributed by atoms with Crippen LogP contribution >= 0.6 is 0 Å². The van der Waals surface area contributed by atoms with Crippen molar-refractivity contribution in [3.8, 4) is 5.75 Å². The Labute approximate surface area is 155 Å². The van der Waals surface area contributed by atoms with E-state index in [9.17, 15) is 4.79 Å². The van der Waals surface area contributed by atoms with Gasteiger partial charge in [-0.2, -0.15) is 0 Å². The minimum absolute atomic E-state index is 0.0551. The summed E-state index contributed by atoms with van der Waals surface area (Å²) in [6.07, 6.45) is 3.71. The van der Waals surface area contributed by atoms with Crippen LogP contribution in [0.4, 0.5) is 0 Å². The largest absolute Gasteiger partial charge is 0.358 e. The fraction of sp³-hybridized carbons (Fsp3) is 0.409. The van der Waals surface area contributed by atoms with E-state index in [0.29, 0.717) is 5.75 Å². The summed E-state index contributed by atoms with van der Waals surface area (Å²) in [5, 5.41) is 0. The summed E-state index contributed by atoms with van der Waals surface area (Å²) in [5.41, 5.74) is 2.46. The molecular formula is C22H27NO3. The number of piperidine rings is 1. The smallest absolute Gasteiger partial charge is 0.303 e. The number of nitrogens with zero attached hydrogens (tertiary/aromatic N) is 1. The Hall–Kier alpha value is -2.33. The quantitative estimate of drug-likeness (QED) is 0.551. The number of carbonyl (C=O) groups excluding carboxylic acids is 1. The molecule has 1 saturated heterocycles. The van der Waals surface area contributed by atoms with Crippen LogP contribution in [0.1, 0.15) is 37.3 Å². The lowest BCUT2D eigenvalue weighted by atomic mass is 9.97. The van der Waals surface area contributed by atoms with Gasteiger partial charge in [-0.1, -0.05) is 49.4 Å². The Bertz CT molecular complexity index is 676. The molecule has 0 spiro atoms. The first-order chi connectivity index (χ1) is 12.7. The molecule has 0 aliphatic carbocycles. The Morgan fingerprint density at radius 2 is 1.65 bits per heavy atom. The normalized spacial score (nSPS) is 15.6. The van der Waals surface area contributed by atoms with Crippen molar-refractivity contribution in [1.82, 2.24) is 4.90 Å². The maximum absolute atomic E-state index is 12.2. The SMILES string of the molecule is CCCN1CCC(C(=O)OOc2ccc(Cc3ccccc3)cc2)CC1. The third-order valence-corrected chi connectivity index (χ3v) is 4.86. The number of hydrogen-bond donors (Lipinski definition) is 0. The first-order valence-corrected chi connectivity index (χ1v) is 9.48. The summed E-state index contributed by atoms with van der Waals surface area (Å²) in [4.78, 5) is 24.9. The predicted molar refractivity (Wildman–Crippen MR) is 102 cm³/mol. The molecule has 4 heteroatoms. The van der Waals surface area contributed by atoms with E-state index in [-0.39, 0.29) is 11.9 Å². The molecule has 1 fully saturated rings.